The summed E-state index contributed by atoms with van der Waals surface area (Å²) in [5.41, 5.74) is -1.60. The second-order valence-electron chi connectivity index (χ2n) is 4.62. The van der Waals surface area contributed by atoms with Crippen molar-refractivity contribution in [3.05, 3.63) is 49.9 Å². The van der Waals surface area contributed by atoms with Gasteiger partial charge in [0.25, 0.3) is 0 Å². The number of carbonyl (C=O) groups is 1. The minimum atomic E-state index is -4.81. The van der Waals surface area contributed by atoms with Crippen molar-refractivity contribution in [2.45, 2.75) is 19.6 Å². The van der Waals surface area contributed by atoms with Gasteiger partial charge in [0.2, 0.25) is 0 Å². The number of esters is 1. The lowest BCUT2D eigenvalue weighted by Crippen LogP contribution is -2.19. The Kier molecular flexibility index (Phi) is 5.83. The molecule has 0 saturated heterocycles. The predicted molar refractivity (Wildman–Crippen MR) is 86.4 cm³/mol. The van der Waals surface area contributed by atoms with E-state index in [2.05, 4.69) is 20.9 Å². The largest absolute Gasteiger partial charge is 0.461 e. The highest BCUT2D eigenvalue weighted by atomic mass is 79.9. The summed E-state index contributed by atoms with van der Waals surface area (Å²) in [7, 11) is 0. The molecule has 0 amide bonds. The van der Waals surface area contributed by atoms with Gasteiger partial charge in [-0.1, -0.05) is 23.2 Å². The summed E-state index contributed by atoms with van der Waals surface area (Å²) in [5, 5.41) is 0.655. The lowest BCUT2D eigenvalue weighted by Gasteiger charge is -2.12. The molecule has 0 bridgehead atoms. The predicted octanol–water partition coefficient (Wildman–Crippen LogP) is 5.20. The molecule has 0 aliphatic rings. The van der Waals surface area contributed by atoms with E-state index in [1.54, 1.807) is 6.07 Å². The van der Waals surface area contributed by atoms with Crippen LogP contribution in [0.5, 0.6) is 0 Å². The molecule has 1 heterocycles. The van der Waals surface area contributed by atoms with Crippen molar-refractivity contribution in [1.29, 1.82) is 0 Å². The Morgan fingerprint density at radius 1 is 1.38 bits per heavy atom. The first kappa shape index (κ1) is 19.1. The standard InChI is InChI=1S/C14H10BrCl2F3N2O2/c1-2-24-12(23)10-11(14(18,19)20)21-13(15)22(10)6-7-5-8(16)3-4-9(7)17/h3-5H,2,6H2,1H3. The van der Waals surface area contributed by atoms with Crippen LogP contribution in [-0.4, -0.2) is 22.1 Å². The average molecular weight is 446 g/mol. The van der Waals surface area contributed by atoms with Gasteiger partial charge in [0.1, 0.15) is 0 Å². The van der Waals surface area contributed by atoms with Gasteiger partial charge in [-0.2, -0.15) is 13.2 Å². The number of alkyl halides is 3. The van der Waals surface area contributed by atoms with Crippen LogP contribution in [-0.2, 0) is 17.5 Å². The Hall–Kier alpha value is -1.25. The van der Waals surface area contributed by atoms with Crippen molar-refractivity contribution in [1.82, 2.24) is 9.55 Å². The van der Waals surface area contributed by atoms with Crippen LogP contribution in [0, 0.1) is 0 Å². The second kappa shape index (κ2) is 7.33. The van der Waals surface area contributed by atoms with E-state index in [1.165, 1.54) is 19.1 Å². The third-order valence-electron chi connectivity index (χ3n) is 2.99. The fourth-order valence-electron chi connectivity index (χ4n) is 2.01. The van der Waals surface area contributed by atoms with Crippen LogP contribution in [0.1, 0.15) is 28.7 Å². The lowest BCUT2D eigenvalue weighted by atomic mass is 10.2. The maximum atomic E-state index is 13.2. The average Bonchev–Trinajstić information content (AvgIpc) is 2.80. The van der Waals surface area contributed by atoms with Crippen LogP contribution < -0.4 is 0 Å². The number of carbonyl (C=O) groups excluding carboxylic acids is 1. The first-order valence-corrected chi connectivity index (χ1v) is 8.14. The number of halogens is 6. The Morgan fingerprint density at radius 2 is 2.04 bits per heavy atom. The molecule has 1 aromatic carbocycles. The minimum absolute atomic E-state index is 0.0726. The number of rotatable bonds is 4. The molecule has 0 aliphatic heterocycles. The summed E-state index contributed by atoms with van der Waals surface area (Å²) in [6, 6.07) is 4.56. The fourth-order valence-corrected chi connectivity index (χ4v) is 2.86. The van der Waals surface area contributed by atoms with E-state index in [4.69, 9.17) is 27.9 Å². The molecule has 0 aliphatic carbocycles. The molecule has 1 aromatic heterocycles. The molecular weight excluding hydrogens is 436 g/mol. The maximum Gasteiger partial charge on any atom is 0.435 e. The van der Waals surface area contributed by atoms with Gasteiger partial charge in [-0.25, -0.2) is 9.78 Å². The first-order chi connectivity index (χ1) is 11.1. The van der Waals surface area contributed by atoms with E-state index < -0.39 is 23.5 Å². The van der Waals surface area contributed by atoms with E-state index in [9.17, 15) is 18.0 Å². The highest BCUT2D eigenvalue weighted by molar-refractivity contribution is 9.10. The number of benzene rings is 1. The molecule has 0 unspecified atom stereocenters. The zero-order chi connectivity index (χ0) is 18.1. The highest BCUT2D eigenvalue weighted by Crippen LogP contribution is 2.34. The van der Waals surface area contributed by atoms with Crippen molar-refractivity contribution >= 4 is 45.1 Å². The summed E-state index contributed by atoms with van der Waals surface area (Å²) in [4.78, 5) is 15.4. The third kappa shape index (κ3) is 4.04. The molecule has 0 saturated carbocycles. The molecule has 4 nitrogen and oxygen atoms in total. The summed E-state index contributed by atoms with van der Waals surface area (Å²) < 4.78 is 45.1. The zero-order valence-corrected chi connectivity index (χ0v) is 15.2. The Balaban J connectivity index is 2.58. The topological polar surface area (TPSA) is 44.1 Å². The first-order valence-electron chi connectivity index (χ1n) is 6.59. The van der Waals surface area contributed by atoms with Crippen LogP contribution in [0.2, 0.25) is 10.0 Å². The SMILES string of the molecule is CCOC(=O)c1c(C(F)(F)F)nc(Br)n1Cc1cc(Cl)ccc1Cl. The molecule has 2 rings (SSSR count). The van der Waals surface area contributed by atoms with Gasteiger partial charge in [0.05, 0.1) is 13.2 Å². The normalized spacial score (nSPS) is 11.6. The van der Waals surface area contributed by atoms with Crippen molar-refractivity contribution < 1.29 is 22.7 Å². The molecule has 2 aromatic rings. The van der Waals surface area contributed by atoms with E-state index >= 15 is 0 Å². The van der Waals surface area contributed by atoms with Crippen LogP contribution >= 0.6 is 39.1 Å². The van der Waals surface area contributed by atoms with Gasteiger partial charge < -0.3 is 9.30 Å². The fraction of sp³-hybridized carbons (Fsp3) is 0.286. The minimum Gasteiger partial charge on any atom is -0.461 e. The zero-order valence-electron chi connectivity index (χ0n) is 12.1. The lowest BCUT2D eigenvalue weighted by molar-refractivity contribution is -0.141. The van der Waals surface area contributed by atoms with Gasteiger partial charge >= 0.3 is 12.1 Å². The van der Waals surface area contributed by atoms with Crippen molar-refractivity contribution in [3.63, 3.8) is 0 Å². The summed E-state index contributed by atoms with van der Waals surface area (Å²) in [6.45, 7) is 1.28. The molecule has 24 heavy (non-hydrogen) atoms. The number of nitrogens with zero attached hydrogens (tertiary/aromatic N) is 2. The number of aromatic nitrogens is 2. The Labute approximate surface area is 153 Å². The molecule has 130 valence electrons. The smallest absolute Gasteiger partial charge is 0.435 e. The van der Waals surface area contributed by atoms with Crippen LogP contribution in [0.15, 0.2) is 22.9 Å². The number of hydrogen-bond acceptors (Lipinski definition) is 3. The number of hydrogen-bond donors (Lipinski definition) is 0. The number of imidazole rings is 1. The van der Waals surface area contributed by atoms with Crippen LogP contribution in [0.25, 0.3) is 0 Å². The van der Waals surface area contributed by atoms with Gasteiger partial charge in [-0.05, 0) is 46.6 Å². The van der Waals surface area contributed by atoms with E-state index in [-0.39, 0.29) is 17.9 Å². The van der Waals surface area contributed by atoms with Gasteiger partial charge in [0, 0.05) is 10.0 Å². The molecule has 0 radical (unpaired) electrons. The molecule has 0 spiro atoms. The van der Waals surface area contributed by atoms with E-state index in [0.29, 0.717) is 15.6 Å². The molecule has 0 fully saturated rings. The van der Waals surface area contributed by atoms with Crippen LogP contribution in [0.4, 0.5) is 13.2 Å². The Bertz CT molecular complexity index is 778. The molecule has 0 N–H and O–H groups in total. The molecule has 10 heteroatoms. The summed E-state index contributed by atoms with van der Waals surface area (Å²) in [5.74, 6) is -1.12. The number of ether oxygens (including phenoxy) is 1. The third-order valence-corrected chi connectivity index (χ3v) is 4.20. The monoisotopic (exact) mass is 444 g/mol. The summed E-state index contributed by atoms with van der Waals surface area (Å²) in [6.07, 6.45) is -4.81. The summed E-state index contributed by atoms with van der Waals surface area (Å²) >= 11 is 14.9. The molecule has 0 atom stereocenters. The van der Waals surface area contributed by atoms with E-state index in [1.807, 2.05) is 0 Å². The quantitative estimate of drug-likeness (QED) is 0.608. The van der Waals surface area contributed by atoms with Gasteiger partial charge in [-0.15, -0.1) is 0 Å². The maximum absolute atomic E-state index is 13.2. The Morgan fingerprint density at radius 3 is 2.62 bits per heavy atom. The van der Waals surface area contributed by atoms with Crippen LogP contribution in [0.3, 0.4) is 0 Å². The van der Waals surface area contributed by atoms with Crippen molar-refractivity contribution in [2.75, 3.05) is 6.61 Å². The highest BCUT2D eigenvalue weighted by Gasteiger charge is 2.41. The van der Waals surface area contributed by atoms with E-state index in [0.717, 1.165) is 4.57 Å². The molecular formula is C14H10BrCl2F3N2O2. The van der Waals surface area contributed by atoms with Crippen molar-refractivity contribution in [2.24, 2.45) is 0 Å². The second-order valence-corrected chi connectivity index (χ2v) is 6.17. The van der Waals surface area contributed by atoms with Gasteiger partial charge in [0.15, 0.2) is 16.1 Å². The van der Waals surface area contributed by atoms with Crippen molar-refractivity contribution in [3.8, 4) is 0 Å². The van der Waals surface area contributed by atoms with Gasteiger partial charge in [-0.3, -0.25) is 0 Å².